The zero-order valence-corrected chi connectivity index (χ0v) is 10.5. The van der Waals surface area contributed by atoms with Crippen LogP contribution in [0, 0.1) is 5.41 Å². The van der Waals surface area contributed by atoms with Gasteiger partial charge in [0.2, 0.25) is 0 Å². The Morgan fingerprint density at radius 3 is 2.00 bits per heavy atom. The van der Waals surface area contributed by atoms with Crippen LogP contribution in [0.25, 0.3) is 0 Å². The molecule has 0 aliphatic carbocycles. The molecule has 0 amide bonds. The summed E-state index contributed by atoms with van der Waals surface area (Å²) in [5.41, 5.74) is -1.89. The SMILES string of the molecule is CCC(C)(O)CC(C)(CO)COCC(F)(F)F. The largest absolute Gasteiger partial charge is 0.411 e. The molecule has 6 heteroatoms. The van der Waals surface area contributed by atoms with Crippen molar-refractivity contribution in [3.8, 4) is 0 Å². The highest BCUT2D eigenvalue weighted by Crippen LogP contribution is 2.31. The minimum atomic E-state index is -4.37. The van der Waals surface area contributed by atoms with E-state index < -0.39 is 23.8 Å². The molecular formula is C11H21F3O3. The second-order valence-electron chi connectivity index (χ2n) is 5.10. The van der Waals surface area contributed by atoms with Gasteiger partial charge in [0.05, 0.1) is 18.8 Å². The molecule has 2 unspecified atom stereocenters. The maximum Gasteiger partial charge on any atom is 0.411 e. The van der Waals surface area contributed by atoms with Crippen LogP contribution in [0.1, 0.15) is 33.6 Å². The molecule has 0 saturated carbocycles. The summed E-state index contributed by atoms with van der Waals surface area (Å²) < 4.78 is 40.3. The van der Waals surface area contributed by atoms with E-state index in [0.29, 0.717) is 6.42 Å². The van der Waals surface area contributed by atoms with Crippen molar-refractivity contribution < 1.29 is 28.1 Å². The zero-order valence-electron chi connectivity index (χ0n) is 10.5. The molecule has 0 fully saturated rings. The number of alkyl halides is 3. The van der Waals surface area contributed by atoms with Gasteiger partial charge in [0.25, 0.3) is 0 Å². The molecule has 3 nitrogen and oxygen atoms in total. The summed E-state index contributed by atoms with van der Waals surface area (Å²) in [5, 5.41) is 19.1. The van der Waals surface area contributed by atoms with Crippen LogP contribution in [0.4, 0.5) is 13.2 Å². The molecular weight excluding hydrogens is 237 g/mol. The number of ether oxygens (including phenoxy) is 1. The number of rotatable bonds is 7. The van der Waals surface area contributed by atoms with E-state index in [1.54, 1.807) is 20.8 Å². The first kappa shape index (κ1) is 16.7. The van der Waals surface area contributed by atoms with E-state index >= 15 is 0 Å². The second-order valence-corrected chi connectivity index (χ2v) is 5.10. The van der Waals surface area contributed by atoms with Gasteiger partial charge in [0.1, 0.15) is 6.61 Å². The summed E-state index contributed by atoms with van der Waals surface area (Å²) in [7, 11) is 0. The predicted octanol–water partition coefficient (Wildman–Crippen LogP) is 2.12. The van der Waals surface area contributed by atoms with E-state index in [0.717, 1.165) is 0 Å². The number of hydrogen-bond acceptors (Lipinski definition) is 3. The van der Waals surface area contributed by atoms with Crippen LogP contribution in [-0.2, 0) is 4.74 Å². The highest BCUT2D eigenvalue weighted by Gasteiger charge is 2.35. The third-order valence-electron chi connectivity index (χ3n) is 2.67. The lowest BCUT2D eigenvalue weighted by Gasteiger charge is -2.34. The van der Waals surface area contributed by atoms with Gasteiger partial charge in [0, 0.05) is 5.41 Å². The zero-order chi connectivity index (χ0) is 13.7. The molecule has 2 N–H and O–H groups in total. The van der Waals surface area contributed by atoms with Crippen molar-refractivity contribution >= 4 is 0 Å². The molecule has 0 aliphatic rings. The maximum absolute atomic E-state index is 11.9. The minimum Gasteiger partial charge on any atom is -0.396 e. The van der Waals surface area contributed by atoms with E-state index in [1.807, 2.05) is 0 Å². The van der Waals surface area contributed by atoms with Crippen LogP contribution in [0.15, 0.2) is 0 Å². The van der Waals surface area contributed by atoms with Gasteiger partial charge in [0.15, 0.2) is 0 Å². The molecule has 0 aromatic heterocycles. The molecule has 104 valence electrons. The van der Waals surface area contributed by atoms with Crippen LogP contribution in [-0.4, -0.2) is 41.8 Å². The van der Waals surface area contributed by atoms with Crippen molar-refractivity contribution in [3.05, 3.63) is 0 Å². The molecule has 0 aromatic carbocycles. The normalized spacial score (nSPS) is 19.8. The number of aliphatic hydroxyl groups is 2. The van der Waals surface area contributed by atoms with E-state index in [9.17, 15) is 23.4 Å². The molecule has 0 rings (SSSR count). The number of halogens is 3. The summed E-state index contributed by atoms with van der Waals surface area (Å²) in [4.78, 5) is 0. The summed E-state index contributed by atoms with van der Waals surface area (Å²) >= 11 is 0. The first-order valence-electron chi connectivity index (χ1n) is 5.51. The lowest BCUT2D eigenvalue weighted by atomic mass is 9.79. The molecule has 0 heterocycles. The van der Waals surface area contributed by atoms with Crippen molar-refractivity contribution in [3.63, 3.8) is 0 Å². The Bertz CT molecular complexity index is 228. The molecule has 0 bridgehead atoms. The Kier molecular flexibility index (Phi) is 5.90. The molecule has 0 aliphatic heterocycles. The van der Waals surface area contributed by atoms with Crippen molar-refractivity contribution in [1.29, 1.82) is 0 Å². The highest BCUT2D eigenvalue weighted by atomic mass is 19.4. The van der Waals surface area contributed by atoms with E-state index in [2.05, 4.69) is 4.74 Å². The molecule has 0 radical (unpaired) electrons. The Morgan fingerprint density at radius 1 is 1.12 bits per heavy atom. The smallest absolute Gasteiger partial charge is 0.396 e. The van der Waals surface area contributed by atoms with E-state index in [4.69, 9.17) is 0 Å². The van der Waals surface area contributed by atoms with Crippen molar-refractivity contribution in [1.82, 2.24) is 0 Å². The van der Waals surface area contributed by atoms with Gasteiger partial charge in [-0.2, -0.15) is 13.2 Å². The average Bonchev–Trinajstić information content (AvgIpc) is 2.15. The number of aliphatic hydroxyl groups excluding tert-OH is 1. The van der Waals surface area contributed by atoms with Gasteiger partial charge in [-0.15, -0.1) is 0 Å². The Labute approximate surface area is 99.6 Å². The monoisotopic (exact) mass is 258 g/mol. The first-order chi connectivity index (χ1) is 7.54. The van der Waals surface area contributed by atoms with Gasteiger partial charge in [-0.25, -0.2) is 0 Å². The standard InChI is InChI=1S/C11H21F3O3/c1-4-10(3,16)5-9(2,6-15)7-17-8-11(12,13)14/h15-16H,4-8H2,1-3H3. The fourth-order valence-corrected chi connectivity index (χ4v) is 1.61. The molecule has 2 atom stereocenters. The fraction of sp³-hybridized carbons (Fsp3) is 1.00. The lowest BCUT2D eigenvalue weighted by molar-refractivity contribution is -0.184. The Hall–Kier alpha value is -0.330. The van der Waals surface area contributed by atoms with E-state index in [-0.39, 0.29) is 19.6 Å². The van der Waals surface area contributed by atoms with Crippen LogP contribution < -0.4 is 0 Å². The highest BCUT2D eigenvalue weighted by molar-refractivity contribution is 4.83. The number of hydrogen-bond donors (Lipinski definition) is 2. The van der Waals surface area contributed by atoms with Crippen LogP contribution >= 0.6 is 0 Å². The van der Waals surface area contributed by atoms with Gasteiger partial charge < -0.3 is 14.9 Å². The minimum absolute atomic E-state index is 0.185. The molecule has 0 spiro atoms. The van der Waals surface area contributed by atoms with Gasteiger partial charge in [-0.05, 0) is 19.8 Å². The molecule has 17 heavy (non-hydrogen) atoms. The van der Waals surface area contributed by atoms with Crippen LogP contribution in [0.2, 0.25) is 0 Å². The van der Waals surface area contributed by atoms with Crippen molar-refractivity contribution in [2.45, 2.75) is 45.4 Å². The molecule has 0 aromatic rings. The van der Waals surface area contributed by atoms with Gasteiger partial charge in [-0.1, -0.05) is 13.8 Å². The maximum atomic E-state index is 11.9. The second kappa shape index (κ2) is 6.02. The van der Waals surface area contributed by atoms with Gasteiger partial charge in [-0.3, -0.25) is 0 Å². The summed E-state index contributed by atoms with van der Waals surface area (Å²) in [6, 6.07) is 0. The van der Waals surface area contributed by atoms with Crippen LogP contribution in [0.3, 0.4) is 0 Å². The van der Waals surface area contributed by atoms with Crippen molar-refractivity contribution in [2.24, 2.45) is 5.41 Å². The predicted molar refractivity (Wildman–Crippen MR) is 57.6 cm³/mol. The Balaban J connectivity index is 4.29. The van der Waals surface area contributed by atoms with Crippen LogP contribution in [0.5, 0.6) is 0 Å². The summed E-state index contributed by atoms with van der Waals surface area (Å²) in [6.45, 7) is 3.05. The topological polar surface area (TPSA) is 49.7 Å². The quantitative estimate of drug-likeness (QED) is 0.735. The summed E-state index contributed by atoms with van der Waals surface area (Å²) in [6.07, 6.45) is -3.73. The lowest BCUT2D eigenvalue weighted by Crippen LogP contribution is -2.38. The van der Waals surface area contributed by atoms with Gasteiger partial charge >= 0.3 is 6.18 Å². The third-order valence-corrected chi connectivity index (χ3v) is 2.67. The van der Waals surface area contributed by atoms with Crippen molar-refractivity contribution in [2.75, 3.05) is 19.8 Å². The summed E-state index contributed by atoms with van der Waals surface area (Å²) in [5.74, 6) is 0. The first-order valence-corrected chi connectivity index (χ1v) is 5.51. The third kappa shape index (κ3) is 7.57. The van der Waals surface area contributed by atoms with E-state index in [1.165, 1.54) is 0 Å². The molecule has 0 saturated heterocycles. The average molecular weight is 258 g/mol. The fourth-order valence-electron chi connectivity index (χ4n) is 1.61. The Morgan fingerprint density at radius 2 is 1.65 bits per heavy atom.